The van der Waals surface area contributed by atoms with Crippen molar-refractivity contribution in [3.05, 3.63) is 5.56 Å². The number of nitrogens with zero attached hydrogens (tertiary/aromatic N) is 1. The second-order valence-corrected chi connectivity index (χ2v) is 2.62. The molecule has 4 N–H and O–H groups in total. The van der Waals surface area contributed by atoms with Crippen LogP contribution in [-0.4, -0.2) is 27.5 Å². The molecule has 0 aliphatic heterocycles. The SMILES string of the molecule is CSc1n[nH]c(N)c1C(=O)O. The molecule has 60 valence electrons. The fourth-order valence-electron chi connectivity index (χ4n) is 0.692. The zero-order chi connectivity index (χ0) is 8.43. The molecule has 0 radical (unpaired) electrons. The van der Waals surface area contributed by atoms with Gasteiger partial charge in [0.05, 0.1) is 0 Å². The van der Waals surface area contributed by atoms with Crippen LogP contribution in [0.3, 0.4) is 0 Å². The summed E-state index contributed by atoms with van der Waals surface area (Å²) in [5.41, 5.74) is 5.36. The number of carbonyl (C=O) groups is 1. The van der Waals surface area contributed by atoms with E-state index in [9.17, 15) is 4.79 Å². The Bertz CT molecular complexity index is 283. The van der Waals surface area contributed by atoms with E-state index in [1.807, 2.05) is 0 Å². The van der Waals surface area contributed by atoms with Crippen molar-refractivity contribution in [2.45, 2.75) is 5.03 Å². The number of carboxylic acids is 1. The molecule has 0 saturated heterocycles. The molecule has 1 aromatic heterocycles. The first-order chi connectivity index (χ1) is 5.16. The standard InChI is InChI=1S/C5H7N3O2S/c1-11-4-2(5(9)10)3(6)7-8-4/h1H3,(H,9,10)(H3,6,7,8). The number of thioether (sulfide) groups is 1. The highest BCUT2D eigenvalue weighted by molar-refractivity contribution is 7.98. The summed E-state index contributed by atoms with van der Waals surface area (Å²) >= 11 is 1.24. The number of aromatic amines is 1. The zero-order valence-corrected chi connectivity index (χ0v) is 6.60. The summed E-state index contributed by atoms with van der Waals surface area (Å²) in [6.07, 6.45) is 1.74. The van der Waals surface area contributed by atoms with Crippen molar-refractivity contribution in [3.8, 4) is 0 Å². The van der Waals surface area contributed by atoms with E-state index in [0.717, 1.165) is 0 Å². The first kappa shape index (κ1) is 7.93. The fraction of sp³-hybridized carbons (Fsp3) is 0.200. The quantitative estimate of drug-likeness (QED) is 0.563. The van der Waals surface area contributed by atoms with Crippen LogP contribution in [-0.2, 0) is 0 Å². The van der Waals surface area contributed by atoms with E-state index >= 15 is 0 Å². The molecule has 1 aromatic rings. The topological polar surface area (TPSA) is 92.0 Å². The van der Waals surface area contributed by atoms with Crippen molar-refractivity contribution in [2.75, 3.05) is 12.0 Å². The van der Waals surface area contributed by atoms with Gasteiger partial charge in [-0.1, -0.05) is 0 Å². The van der Waals surface area contributed by atoms with Gasteiger partial charge < -0.3 is 10.8 Å². The first-order valence-electron chi connectivity index (χ1n) is 2.78. The molecule has 1 rings (SSSR count). The molecule has 0 unspecified atom stereocenters. The second-order valence-electron chi connectivity index (χ2n) is 1.83. The van der Waals surface area contributed by atoms with Gasteiger partial charge in [0.25, 0.3) is 0 Å². The maximum absolute atomic E-state index is 10.5. The van der Waals surface area contributed by atoms with Gasteiger partial charge >= 0.3 is 5.97 Å². The van der Waals surface area contributed by atoms with Gasteiger partial charge in [0.15, 0.2) is 0 Å². The van der Waals surface area contributed by atoms with E-state index in [1.54, 1.807) is 6.26 Å². The van der Waals surface area contributed by atoms with Crippen LogP contribution in [0.4, 0.5) is 5.82 Å². The van der Waals surface area contributed by atoms with Crippen molar-refractivity contribution in [1.29, 1.82) is 0 Å². The molecule has 0 fully saturated rings. The number of hydrogen-bond acceptors (Lipinski definition) is 4. The largest absolute Gasteiger partial charge is 0.477 e. The Morgan fingerprint density at radius 1 is 1.82 bits per heavy atom. The number of carboxylic acid groups (broad SMARTS) is 1. The van der Waals surface area contributed by atoms with Gasteiger partial charge in [-0.3, -0.25) is 5.10 Å². The Morgan fingerprint density at radius 2 is 2.45 bits per heavy atom. The van der Waals surface area contributed by atoms with Gasteiger partial charge in [0.1, 0.15) is 16.4 Å². The second kappa shape index (κ2) is 2.83. The van der Waals surface area contributed by atoms with Gasteiger partial charge in [-0.2, -0.15) is 5.10 Å². The van der Waals surface area contributed by atoms with E-state index in [4.69, 9.17) is 10.8 Å². The summed E-state index contributed by atoms with van der Waals surface area (Å²) in [7, 11) is 0. The number of aromatic nitrogens is 2. The summed E-state index contributed by atoms with van der Waals surface area (Å²) in [6.45, 7) is 0. The maximum Gasteiger partial charge on any atom is 0.342 e. The summed E-state index contributed by atoms with van der Waals surface area (Å²) in [6, 6.07) is 0. The highest BCUT2D eigenvalue weighted by Gasteiger charge is 2.16. The highest BCUT2D eigenvalue weighted by atomic mass is 32.2. The van der Waals surface area contributed by atoms with E-state index in [-0.39, 0.29) is 11.4 Å². The number of anilines is 1. The van der Waals surface area contributed by atoms with Crippen LogP contribution in [0.1, 0.15) is 10.4 Å². The third-order valence-electron chi connectivity index (χ3n) is 1.17. The molecule has 0 aliphatic rings. The van der Waals surface area contributed by atoms with E-state index in [2.05, 4.69) is 10.2 Å². The van der Waals surface area contributed by atoms with Crippen LogP contribution in [0, 0.1) is 0 Å². The molecule has 0 aromatic carbocycles. The van der Waals surface area contributed by atoms with Gasteiger partial charge in [-0.15, -0.1) is 11.8 Å². The van der Waals surface area contributed by atoms with Crippen molar-refractivity contribution in [2.24, 2.45) is 0 Å². The van der Waals surface area contributed by atoms with Crippen LogP contribution in [0.2, 0.25) is 0 Å². The van der Waals surface area contributed by atoms with Crippen molar-refractivity contribution < 1.29 is 9.90 Å². The predicted octanol–water partition coefficient (Wildman–Crippen LogP) is 0.412. The number of H-pyrrole nitrogens is 1. The van der Waals surface area contributed by atoms with Gasteiger partial charge in [0.2, 0.25) is 0 Å². The van der Waals surface area contributed by atoms with Gasteiger partial charge in [-0.05, 0) is 6.26 Å². The molecular formula is C5H7N3O2S. The molecule has 6 heteroatoms. The summed E-state index contributed by atoms with van der Waals surface area (Å²) < 4.78 is 0. The molecule has 0 saturated carbocycles. The highest BCUT2D eigenvalue weighted by Crippen LogP contribution is 2.21. The van der Waals surface area contributed by atoms with Crippen LogP contribution in [0.25, 0.3) is 0 Å². The number of hydrogen-bond donors (Lipinski definition) is 3. The Hall–Kier alpha value is -1.17. The van der Waals surface area contributed by atoms with Crippen LogP contribution >= 0.6 is 11.8 Å². The summed E-state index contributed by atoms with van der Waals surface area (Å²) in [4.78, 5) is 10.5. The molecule has 0 atom stereocenters. The minimum Gasteiger partial charge on any atom is -0.477 e. The number of aromatic carboxylic acids is 1. The molecule has 0 bridgehead atoms. The Kier molecular flexibility index (Phi) is 2.04. The average molecular weight is 173 g/mol. The Labute approximate surface area is 67.0 Å². The van der Waals surface area contributed by atoms with E-state index in [1.165, 1.54) is 11.8 Å². The average Bonchev–Trinajstić information content (AvgIpc) is 2.30. The van der Waals surface area contributed by atoms with Crippen molar-refractivity contribution >= 4 is 23.5 Å². The van der Waals surface area contributed by atoms with E-state index < -0.39 is 5.97 Å². The summed E-state index contributed by atoms with van der Waals surface area (Å²) in [5.74, 6) is -0.956. The van der Waals surface area contributed by atoms with Crippen molar-refractivity contribution in [1.82, 2.24) is 10.2 Å². The smallest absolute Gasteiger partial charge is 0.342 e. The number of rotatable bonds is 2. The molecule has 1 heterocycles. The lowest BCUT2D eigenvalue weighted by Gasteiger charge is -1.91. The molecule has 5 nitrogen and oxygen atoms in total. The normalized spacial score (nSPS) is 9.91. The minimum absolute atomic E-state index is 0.0532. The third-order valence-corrected chi connectivity index (χ3v) is 1.85. The number of nitrogens with one attached hydrogen (secondary N) is 1. The minimum atomic E-state index is -1.06. The number of nitrogen functional groups attached to an aromatic ring is 1. The van der Waals surface area contributed by atoms with Gasteiger partial charge in [0, 0.05) is 0 Å². The summed E-state index contributed by atoms with van der Waals surface area (Å²) in [5, 5.41) is 15.1. The zero-order valence-electron chi connectivity index (χ0n) is 5.79. The lowest BCUT2D eigenvalue weighted by atomic mass is 10.3. The third kappa shape index (κ3) is 1.30. The Morgan fingerprint density at radius 3 is 2.82 bits per heavy atom. The molecule has 11 heavy (non-hydrogen) atoms. The maximum atomic E-state index is 10.5. The van der Waals surface area contributed by atoms with Crippen LogP contribution in [0.15, 0.2) is 5.03 Å². The monoisotopic (exact) mass is 173 g/mol. The number of nitrogens with two attached hydrogens (primary N) is 1. The predicted molar refractivity (Wildman–Crippen MR) is 41.7 cm³/mol. The fourth-order valence-corrected chi connectivity index (χ4v) is 1.23. The molecule has 0 spiro atoms. The van der Waals surface area contributed by atoms with Crippen molar-refractivity contribution in [3.63, 3.8) is 0 Å². The van der Waals surface area contributed by atoms with Crippen LogP contribution < -0.4 is 5.73 Å². The molecule has 0 aliphatic carbocycles. The molecule has 0 amide bonds. The Balaban J connectivity index is 3.17. The first-order valence-corrected chi connectivity index (χ1v) is 4.00. The van der Waals surface area contributed by atoms with Gasteiger partial charge in [-0.25, -0.2) is 4.79 Å². The van der Waals surface area contributed by atoms with E-state index in [0.29, 0.717) is 5.03 Å². The lowest BCUT2D eigenvalue weighted by Crippen LogP contribution is -2.00. The molecular weight excluding hydrogens is 166 g/mol. The lowest BCUT2D eigenvalue weighted by molar-refractivity contribution is 0.0694. The van der Waals surface area contributed by atoms with Crippen LogP contribution in [0.5, 0.6) is 0 Å².